The SMILES string of the molecule is CNS(=O)(=O)c1cc(C(=O)NCc2ccccc2S(=O)(=O)N2CCOCC2)cc(C)c1C. The van der Waals surface area contributed by atoms with Gasteiger partial charge in [0, 0.05) is 25.2 Å². The summed E-state index contributed by atoms with van der Waals surface area (Å²) in [7, 11) is -6.16. The van der Waals surface area contributed by atoms with Gasteiger partial charge < -0.3 is 10.1 Å². The number of nitrogens with zero attached hydrogens (tertiary/aromatic N) is 1. The molecule has 32 heavy (non-hydrogen) atoms. The topological polar surface area (TPSA) is 122 Å². The number of aryl methyl sites for hydroxylation is 1. The minimum atomic E-state index is -3.74. The molecule has 0 radical (unpaired) electrons. The second-order valence-electron chi connectivity index (χ2n) is 7.43. The minimum absolute atomic E-state index is 0.0282. The second-order valence-corrected chi connectivity index (χ2v) is 11.2. The second kappa shape index (κ2) is 9.67. The summed E-state index contributed by atoms with van der Waals surface area (Å²) in [6.45, 7) is 4.59. The fourth-order valence-corrected chi connectivity index (χ4v) is 6.15. The van der Waals surface area contributed by atoms with Gasteiger partial charge in [-0.1, -0.05) is 18.2 Å². The number of hydrogen-bond donors (Lipinski definition) is 2. The van der Waals surface area contributed by atoms with Gasteiger partial charge in [-0.05, 0) is 55.8 Å². The van der Waals surface area contributed by atoms with Crippen LogP contribution in [0.25, 0.3) is 0 Å². The quantitative estimate of drug-likeness (QED) is 0.612. The molecule has 0 aromatic heterocycles. The van der Waals surface area contributed by atoms with E-state index < -0.39 is 26.0 Å². The van der Waals surface area contributed by atoms with E-state index in [1.54, 1.807) is 38.1 Å². The van der Waals surface area contributed by atoms with Gasteiger partial charge in [0.25, 0.3) is 5.91 Å². The van der Waals surface area contributed by atoms with E-state index in [0.29, 0.717) is 29.9 Å². The minimum Gasteiger partial charge on any atom is -0.379 e. The smallest absolute Gasteiger partial charge is 0.251 e. The molecule has 3 rings (SSSR count). The molecule has 0 spiro atoms. The van der Waals surface area contributed by atoms with Crippen LogP contribution in [0, 0.1) is 13.8 Å². The molecular formula is C21H27N3O6S2. The molecule has 2 N–H and O–H groups in total. The number of carbonyl (C=O) groups excluding carboxylic acids is 1. The van der Waals surface area contributed by atoms with Crippen LogP contribution in [0.1, 0.15) is 27.0 Å². The van der Waals surface area contributed by atoms with Gasteiger partial charge in [0.05, 0.1) is 23.0 Å². The summed E-state index contributed by atoms with van der Waals surface area (Å²) in [4.78, 5) is 13.0. The molecule has 0 saturated carbocycles. The number of amides is 1. The predicted octanol–water partition coefficient (Wildman–Crippen LogP) is 1.16. The number of sulfonamides is 2. The lowest BCUT2D eigenvalue weighted by Crippen LogP contribution is -2.41. The molecule has 1 fully saturated rings. The number of morpholine rings is 1. The van der Waals surface area contributed by atoms with Crippen LogP contribution >= 0.6 is 0 Å². The van der Waals surface area contributed by atoms with Gasteiger partial charge in [0.15, 0.2) is 0 Å². The molecule has 9 nitrogen and oxygen atoms in total. The predicted molar refractivity (Wildman–Crippen MR) is 119 cm³/mol. The van der Waals surface area contributed by atoms with Gasteiger partial charge >= 0.3 is 0 Å². The summed E-state index contributed by atoms with van der Waals surface area (Å²) in [6.07, 6.45) is 0. The van der Waals surface area contributed by atoms with Crippen molar-refractivity contribution in [3.05, 3.63) is 58.7 Å². The van der Waals surface area contributed by atoms with Crippen LogP contribution < -0.4 is 10.0 Å². The number of rotatable bonds is 7. The zero-order chi connectivity index (χ0) is 23.5. The van der Waals surface area contributed by atoms with Crippen molar-refractivity contribution in [1.29, 1.82) is 0 Å². The van der Waals surface area contributed by atoms with E-state index in [1.165, 1.54) is 23.5 Å². The molecule has 0 atom stereocenters. The first-order valence-electron chi connectivity index (χ1n) is 10.1. The van der Waals surface area contributed by atoms with Crippen LogP contribution in [-0.2, 0) is 31.3 Å². The summed E-state index contributed by atoms with van der Waals surface area (Å²) >= 11 is 0. The van der Waals surface area contributed by atoms with E-state index in [2.05, 4.69) is 10.0 Å². The lowest BCUT2D eigenvalue weighted by Gasteiger charge is -2.27. The number of carbonyl (C=O) groups is 1. The highest BCUT2D eigenvalue weighted by Crippen LogP contribution is 2.23. The maximum atomic E-state index is 13.1. The molecule has 11 heteroatoms. The Morgan fingerprint density at radius 1 is 1.03 bits per heavy atom. The molecule has 1 saturated heterocycles. The van der Waals surface area contributed by atoms with E-state index in [-0.39, 0.29) is 35.0 Å². The molecule has 0 bridgehead atoms. The average Bonchev–Trinajstić information content (AvgIpc) is 2.79. The summed E-state index contributed by atoms with van der Waals surface area (Å²) in [5, 5.41) is 2.71. The number of hydrogen-bond acceptors (Lipinski definition) is 6. The van der Waals surface area contributed by atoms with Gasteiger partial charge in [-0.25, -0.2) is 21.6 Å². The number of benzene rings is 2. The molecule has 1 amide bonds. The van der Waals surface area contributed by atoms with Gasteiger partial charge in [0.1, 0.15) is 0 Å². The van der Waals surface area contributed by atoms with E-state index >= 15 is 0 Å². The highest BCUT2D eigenvalue weighted by Gasteiger charge is 2.28. The van der Waals surface area contributed by atoms with Crippen LogP contribution in [0.5, 0.6) is 0 Å². The molecule has 2 aromatic carbocycles. The molecule has 0 unspecified atom stereocenters. The largest absolute Gasteiger partial charge is 0.379 e. The summed E-state index contributed by atoms with van der Waals surface area (Å²) in [5.74, 6) is -0.501. The molecule has 1 heterocycles. The number of nitrogens with one attached hydrogen (secondary N) is 2. The molecule has 2 aromatic rings. The first-order valence-corrected chi connectivity index (χ1v) is 13.0. The maximum absolute atomic E-state index is 13.1. The highest BCUT2D eigenvalue weighted by atomic mass is 32.2. The fourth-order valence-electron chi connectivity index (χ4n) is 3.45. The molecule has 174 valence electrons. The normalized spacial score (nSPS) is 15.5. The third-order valence-corrected chi connectivity index (χ3v) is 8.98. The Bertz CT molecular complexity index is 1220. The zero-order valence-corrected chi connectivity index (χ0v) is 19.8. The molecule has 1 aliphatic rings. The van der Waals surface area contributed by atoms with Crippen LogP contribution in [-0.4, -0.2) is 60.4 Å². The third kappa shape index (κ3) is 5.02. The molecule has 0 aliphatic carbocycles. The van der Waals surface area contributed by atoms with Crippen LogP contribution in [0.4, 0.5) is 0 Å². The Morgan fingerprint density at radius 2 is 1.69 bits per heavy atom. The summed E-state index contributed by atoms with van der Waals surface area (Å²) in [6, 6.07) is 9.42. The Balaban J connectivity index is 1.85. The van der Waals surface area contributed by atoms with Crippen molar-refractivity contribution in [2.75, 3.05) is 33.4 Å². The van der Waals surface area contributed by atoms with E-state index in [9.17, 15) is 21.6 Å². The van der Waals surface area contributed by atoms with Gasteiger partial charge in [-0.15, -0.1) is 0 Å². The van der Waals surface area contributed by atoms with Crippen molar-refractivity contribution in [2.45, 2.75) is 30.2 Å². The molecule has 1 aliphatic heterocycles. The lowest BCUT2D eigenvalue weighted by atomic mass is 10.1. The van der Waals surface area contributed by atoms with Crippen molar-refractivity contribution in [2.24, 2.45) is 0 Å². The van der Waals surface area contributed by atoms with Crippen molar-refractivity contribution in [3.63, 3.8) is 0 Å². The summed E-state index contributed by atoms with van der Waals surface area (Å²) < 4.78 is 59.6. The van der Waals surface area contributed by atoms with Crippen molar-refractivity contribution in [1.82, 2.24) is 14.3 Å². The van der Waals surface area contributed by atoms with E-state index in [4.69, 9.17) is 4.74 Å². The van der Waals surface area contributed by atoms with E-state index in [1.807, 2.05) is 0 Å². The lowest BCUT2D eigenvalue weighted by molar-refractivity contribution is 0.0730. The van der Waals surface area contributed by atoms with Gasteiger partial charge in [-0.3, -0.25) is 4.79 Å². The first-order chi connectivity index (χ1) is 15.1. The maximum Gasteiger partial charge on any atom is 0.251 e. The fraction of sp³-hybridized carbons (Fsp3) is 0.381. The average molecular weight is 482 g/mol. The Hall–Kier alpha value is -2.31. The Kier molecular flexibility index (Phi) is 7.36. The van der Waals surface area contributed by atoms with Crippen molar-refractivity contribution < 1.29 is 26.4 Å². The van der Waals surface area contributed by atoms with Crippen LogP contribution in [0.2, 0.25) is 0 Å². The van der Waals surface area contributed by atoms with Crippen LogP contribution in [0.15, 0.2) is 46.2 Å². The standard InChI is InChI=1S/C21H27N3O6S2/c1-15-12-18(13-20(16(15)2)31(26,27)22-3)21(25)23-14-17-6-4-5-7-19(17)32(28,29)24-8-10-30-11-9-24/h4-7,12-13,22H,8-11,14H2,1-3H3,(H,23,25). The van der Waals surface area contributed by atoms with Crippen LogP contribution in [0.3, 0.4) is 0 Å². The molecular weight excluding hydrogens is 454 g/mol. The number of ether oxygens (including phenoxy) is 1. The van der Waals surface area contributed by atoms with Crippen molar-refractivity contribution in [3.8, 4) is 0 Å². The van der Waals surface area contributed by atoms with Crippen molar-refractivity contribution >= 4 is 26.0 Å². The van der Waals surface area contributed by atoms with Gasteiger partial charge in [-0.2, -0.15) is 4.31 Å². The highest BCUT2D eigenvalue weighted by molar-refractivity contribution is 7.89. The monoisotopic (exact) mass is 481 g/mol. The van der Waals surface area contributed by atoms with E-state index in [0.717, 1.165) is 0 Å². The summed E-state index contributed by atoms with van der Waals surface area (Å²) in [5.41, 5.74) is 1.83. The third-order valence-electron chi connectivity index (χ3n) is 5.44. The first kappa shape index (κ1) is 24.3. The zero-order valence-electron chi connectivity index (χ0n) is 18.2. The Morgan fingerprint density at radius 3 is 2.34 bits per heavy atom. The Labute approximate surface area is 188 Å². The van der Waals surface area contributed by atoms with Gasteiger partial charge in [0.2, 0.25) is 20.0 Å².